The fourth-order valence-corrected chi connectivity index (χ4v) is 4.63. The maximum Gasteiger partial charge on any atom is 0.240 e. The Morgan fingerprint density at radius 3 is 2.41 bits per heavy atom. The fourth-order valence-electron chi connectivity index (χ4n) is 4.36. The maximum absolute atomic E-state index is 12.5. The zero-order chi connectivity index (χ0) is 19.2. The number of benzene rings is 2. The molecule has 0 radical (unpaired) electrons. The molecule has 2 heterocycles. The lowest BCUT2D eigenvalue weighted by atomic mass is 9.68. The highest BCUT2D eigenvalue weighted by atomic mass is 79.9. The zero-order valence-corrected chi connectivity index (χ0v) is 15.8. The molecule has 132 valence electrons. The second-order valence-electron chi connectivity index (χ2n) is 6.76. The van der Waals surface area contributed by atoms with Gasteiger partial charge in [-0.25, -0.2) is 0 Å². The molecule has 0 bridgehead atoms. The van der Waals surface area contributed by atoms with Gasteiger partial charge in [0.05, 0.1) is 18.2 Å². The van der Waals surface area contributed by atoms with E-state index in [0.29, 0.717) is 0 Å². The lowest BCUT2D eigenvalue weighted by molar-refractivity contribution is -0.122. The summed E-state index contributed by atoms with van der Waals surface area (Å²) in [6.07, 6.45) is 3.68. The zero-order valence-electron chi connectivity index (χ0n) is 14.2. The van der Waals surface area contributed by atoms with Crippen LogP contribution >= 0.6 is 15.9 Å². The lowest BCUT2D eigenvalue weighted by Crippen LogP contribution is -2.41. The van der Waals surface area contributed by atoms with Gasteiger partial charge in [-0.15, -0.1) is 0 Å². The number of carbonyl (C=O) groups is 1. The highest BCUT2D eigenvalue weighted by molar-refractivity contribution is 9.10. The van der Waals surface area contributed by atoms with Gasteiger partial charge in [-0.3, -0.25) is 4.79 Å². The number of nitrogens with two attached hydrogens (primary N) is 1. The average molecular weight is 419 g/mol. The van der Waals surface area contributed by atoms with Crippen LogP contribution in [-0.4, -0.2) is 16.8 Å². The van der Waals surface area contributed by atoms with Gasteiger partial charge in [-0.05, 0) is 34.9 Å². The fraction of sp³-hybridized carbons (Fsp3) is 0.190. The molecule has 5 nitrogen and oxygen atoms in total. The molecule has 2 aromatic rings. The molecule has 4 rings (SSSR count). The first-order valence-corrected chi connectivity index (χ1v) is 9.24. The molecule has 27 heavy (non-hydrogen) atoms. The number of hydrogen-bond donors (Lipinski definition) is 1. The Labute approximate surface area is 165 Å². The van der Waals surface area contributed by atoms with Crippen LogP contribution in [0.1, 0.15) is 28.7 Å². The number of amides is 1. The molecule has 1 amide bonds. The van der Waals surface area contributed by atoms with Crippen molar-refractivity contribution in [1.82, 2.24) is 4.90 Å². The van der Waals surface area contributed by atoms with Gasteiger partial charge in [-0.2, -0.15) is 10.5 Å². The summed E-state index contributed by atoms with van der Waals surface area (Å²) in [4.78, 5) is 14.2. The molecule has 0 spiro atoms. The predicted octanol–water partition coefficient (Wildman–Crippen LogP) is 3.46. The van der Waals surface area contributed by atoms with Crippen LogP contribution in [0, 0.1) is 28.1 Å². The monoisotopic (exact) mass is 418 g/mol. The first-order chi connectivity index (χ1) is 13.0. The Morgan fingerprint density at radius 2 is 1.78 bits per heavy atom. The molecule has 0 saturated carbocycles. The van der Waals surface area contributed by atoms with Gasteiger partial charge in [0.15, 0.2) is 5.41 Å². The van der Waals surface area contributed by atoms with Crippen molar-refractivity contribution in [3.63, 3.8) is 0 Å². The molecule has 1 fully saturated rings. The van der Waals surface area contributed by atoms with Crippen LogP contribution in [0.15, 0.2) is 59.2 Å². The number of rotatable bonds is 2. The molecular formula is C21H15BrN4O. The maximum atomic E-state index is 12.5. The van der Waals surface area contributed by atoms with Crippen molar-refractivity contribution >= 4 is 27.9 Å². The van der Waals surface area contributed by atoms with Crippen LogP contribution in [0.2, 0.25) is 0 Å². The van der Waals surface area contributed by atoms with E-state index in [1.165, 1.54) is 0 Å². The summed E-state index contributed by atoms with van der Waals surface area (Å²) in [5, 5.41) is 20.4. The molecule has 1 unspecified atom stereocenters. The van der Waals surface area contributed by atoms with Gasteiger partial charge in [0.25, 0.3) is 0 Å². The van der Waals surface area contributed by atoms with E-state index in [0.717, 1.165) is 21.2 Å². The van der Waals surface area contributed by atoms with E-state index >= 15 is 0 Å². The second-order valence-corrected chi connectivity index (χ2v) is 7.68. The van der Waals surface area contributed by atoms with Crippen LogP contribution in [0.3, 0.4) is 0 Å². The van der Waals surface area contributed by atoms with Crippen molar-refractivity contribution in [2.24, 2.45) is 11.1 Å². The first kappa shape index (κ1) is 17.3. The second kappa shape index (κ2) is 6.26. The standard InChI is InChI=1S/C21H15BrN4O/c22-15-7-5-14(6-8-15)17-18(20(25)27)26-10-9-13-3-1-2-4-16(13)19(26)21(17,11-23)12-24/h1-10,17-19H,(H2,25,27)/t17-,18+,19?/m1/s1. The van der Waals surface area contributed by atoms with Crippen molar-refractivity contribution in [1.29, 1.82) is 10.5 Å². The predicted molar refractivity (Wildman–Crippen MR) is 104 cm³/mol. The molecule has 3 atom stereocenters. The lowest BCUT2D eigenvalue weighted by Gasteiger charge is -2.34. The molecule has 1 saturated heterocycles. The van der Waals surface area contributed by atoms with Gasteiger partial charge < -0.3 is 10.6 Å². The van der Waals surface area contributed by atoms with E-state index < -0.39 is 29.3 Å². The molecular weight excluding hydrogens is 404 g/mol. The summed E-state index contributed by atoms with van der Waals surface area (Å²) in [6, 6.07) is 18.1. The molecule has 2 N–H and O–H groups in total. The third-order valence-corrected chi connectivity index (χ3v) is 5.99. The van der Waals surface area contributed by atoms with Gasteiger partial charge in [0, 0.05) is 16.6 Å². The Balaban J connectivity index is 2.00. The Kier molecular flexibility index (Phi) is 4.02. The number of hydrogen-bond acceptors (Lipinski definition) is 4. The quantitative estimate of drug-likeness (QED) is 0.807. The number of nitriles is 2. The van der Waals surface area contributed by atoms with E-state index in [4.69, 9.17) is 5.73 Å². The average Bonchev–Trinajstić information content (AvgIpc) is 3.00. The van der Waals surface area contributed by atoms with E-state index in [9.17, 15) is 15.3 Å². The largest absolute Gasteiger partial charge is 0.368 e. The third-order valence-electron chi connectivity index (χ3n) is 5.46. The molecule has 0 aromatic heterocycles. The minimum Gasteiger partial charge on any atom is -0.368 e. The first-order valence-electron chi connectivity index (χ1n) is 8.45. The summed E-state index contributed by atoms with van der Waals surface area (Å²) in [5.74, 6) is -1.22. The van der Waals surface area contributed by atoms with Gasteiger partial charge >= 0.3 is 0 Å². The van der Waals surface area contributed by atoms with Crippen LogP contribution in [0.25, 0.3) is 6.08 Å². The van der Waals surface area contributed by atoms with Crippen molar-refractivity contribution in [2.75, 3.05) is 0 Å². The summed E-state index contributed by atoms with van der Waals surface area (Å²) >= 11 is 3.40. The SMILES string of the molecule is N#CC1(C#N)C2c3ccccc3C=CN2[C@H](C(N)=O)[C@H]1c1ccc(Br)cc1. The number of primary amides is 1. The van der Waals surface area contributed by atoms with Gasteiger partial charge in [0.1, 0.15) is 6.04 Å². The normalized spacial score (nSPS) is 24.4. The number of nitrogens with zero attached hydrogens (tertiary/aromatic N) is 3. The molecule has 0 aliphatic carbocycles. The number of carbonyl (C=O) groups excluding carboxylic acids is 1. The summed E-state index contributed by atoms with van der Waals surface area (Å²) < 4.78 is 0.877. The number of fused-ring (bicyclic) bond motifs is 3. The molecule has 2 aromatic carbocycles. The summed E-state index contributed by atoms with van der Waals surface area (Å²) in [7, 11) is 0. The highest BCUT2D eigenvalue weighted by Gasteiger charge is 2.63. The summed E-state index contributed by atoms with van der Waals surface area (Å²) in [5.41, 5.74) is 6.86. The van der Waals surface area contributed by atoms with E-state index in [-0.39, 0.29) is 0 Å². The summed E-state index contributed by atoms with van der Waals surface area (Å²) in [6.45, 7) is 0. The minimum atomic E-state index is -1.45. The minimum absolute atomic E-state index is 0.552. The third kappa shape index (κ3) is 2.38. The van der Waals surface area contributed by atoms with Gasteiger partial charge in [0.2, 0.25) is 5.91 Å². The highest BCUT2D eigenvalue weighted by Crippen LogP contribution is 2.59. The number of halogens is 1. The van der Waals surface area contributed by atoms with Crippen molar-refractivity contribution in [2.45, 2.75) is 18.0 Å². The Morgan fingerprint density at radius 1 is 1.11 bits per heavy atom. The van der Waals surface area contributed by atoms with Crippen molar-refractivity contribution in [3.05, 3.63) is 75.9 Å². The molecule has 2 aliphatic heterocycles. The van der Waals surface area contributed by atoms with E-state index in [1.807, 2.05) is 54.6 Å². The van der Waals surface area contributed by atoms with Gasteiger partial charge in [-0.1, -0.05) is 52.3 Å². The smallest absolute Gasteiger partial charge is 0.240 e. The van der Waals surface area contributed by atoms with Crippen LogP contribution in [-0.2, 0) is 4.79 Å². The Hall–Kier alpha value is -3.09. The van der Waals surface area contributed by atoms with E-state index in [2.05, 4.69) is 28.1 Å². The van der Waals surface area contributed by atoms with Crippen molar-refractivity contribution in [3.8, 4) is 12.1 Å². The van der Waals surface area contributed by atoms with Crippen LogP contribution in [0.4, 0.5) is 0 Å². The van der Waals surface area contributed by atoms with E-state index in [1.54, 1.807) is 11.1 Å². The van der Waals surface area contributed by atoms with Crippen LogP contribution < -0.4 is 5.73 Å². The molecule has 6 heteroatoms. The topological polar surface area (TPSA) is 93.9 Å². The van der Waals surface area contributed by atoms with Crippen molar-refractivity contribution < 1.29 is 4.79 Å². The molecule has 2 aliphatic rings. The Bertz CT molecular complexity index is 1020. The van der Waals surface area contributed by atoms with Crippen LogP contribution in [0.5, 0.6) is 0 Å².